The van der Waals surface area contributed by atoms with Gasteiger partial charge in [-0.3, -0.25) is 4.99 Å². The molecule has 1 aromatic rings. The lowest BCUT2D eigenvalue weighted by atomic mass is 10.2. The molecule has 22 heavy (non-hydrogen) atoms. The molecule has 0 radical (unpaired) electrons. The smallest absolute Gasteiger partial charge is 0.213 e. The first-order valence-electron chi connectivity index (χ1n) is 8.22. The van der Waals surface area contributed by atoms with E-state index in [9.17, 15) is 0 Å². The molecule has 5 heteroatoms. The van der Waals surface area contributed by atoms with Crippen molar-refractivity contribution in [1.82, 2.24) is 15.2 Å². The highest BCUT2D eigenvalue weighted by atomic mass is 16.5. The van der Waals surface area contributed by atoms with Gasteiger partial charge in [-0.15, -0.1) is 0 Å². The summed E-state index contributed by atoms with van der Waals surface area (Å²) in [4.78, 5) is 11.2. The molecular weight excluding hydrogens is 276 g/mol. The highest BCUT2D eigenvalue weighted by Crippen LogP contribution is 2.44. The van der Waals surface area contributed by atoms with Crippen molar-refractivity contribution in [2.45, 2.75) is 45.8 Å². The van der Waals surface area contributed by atoms with Crippen LogP contribution in [-0.4, -0.2) is 47.6 Å². The number of nitrogens with zero attached hydrogens (tertiary/aromatic N) is 3. The van der Waals surface area contributed by atoms with Gasteiger partial charge in [0.15, 0.2) is 5.96 Å². The molecule has 2 aliphatic rings. The number of likely N-dealkylation sites (tertiary alicyclic amines) is 1. The van der Waals surface area contributed by atoms with Gasteiger partial charge in [0.2, 0.25) is 5.88 Å². The zero-order chi connectivity index (χ0) is 15.6. The van der Waals surface area contributed by atoms with Crippen LogP contribution in [0, 0.1) is 5.41 Å². The molecule has 2 heterocycles. The third-order valence-electron chi connectivity index (χ3n) is 4.49. The summed E-state index contributed by atoms with van der Waals surface area (Å²) in [6.45, 7) is 9.33. The highest BCUT2D eigenvalue weighted by Gasteiger charge is 2.46. The topological polar surface area (TPSA) is 49.8 Å². The van der Waals surface area contributed by atoms with E-state index in [0.29, 0.717) is 17.3 Å². The molecule has 1 aromatic heterocycles. The Hall–Kier alpha value is -1.78. The molecule has 1 aliphatic heterocycles. The fourth-order valence-electron chi connectivity index (χ4n) is 2.86. The normalized spacial score (nSPS) is 26.9. The molecule has 120 valence electrons. The van der Waals surface area contributed by atoms with Crippen LogP contribution in [0.1, 0.15) is 33.6 Å². The number of rotatable bonds is 4. The van der Waals surface area contributed by atoms with Gasteiger partial charge in [0.1, 0.15) is 6.10 Å². The van der Waals surface area contributed by atoms with E-state index in [1.165, 1.54) is 6.42 Å². The average molecular weight is 302 g/mol. The van der Waals surface area contributed by atoms with Gasteiger partial charge in [0, 0.05) is 37.8 Å². The van der Waals surface area contributed by atoms with Crippen LogP contribution in [0.4, 0.5) is 0 Å². The Morgan fingerprint density at radius 1 is 1.50 bits per heavy atom. The Morgan fingerprint density at radius 2 is 2.32 bits per heavy atom. The molecule has 0 aromatic carbocycles. The van der Waals surface area contributed by atoms with Crippen molar-refractivity contribution in [2.75, 3.05) is 19.6 Å². The van der Waals surface area contributed by atoms with Gasteiger partial charge in [-0.2, -0.15) is 0 Å². The third kappa shape index (κ3) is 3.51. The predicted octanol–water partition coefficient (Wildman–Crippen LogP) is 2.30. The SMILES string of the molecule is CCN=C(NC1CC1(C)C)N1CCC(Oc2ccccn2)C1. The molecule has 5 nitrogen and oxygen atoms in total. The van der Waals surface area contributed by atoms with Crippen LogP contribution in [0.15, 0.2) is 29.4 Å². The molecule has 2 fully saturated rings. The minimum absolute atomic E-state index is 0.186. The van der Waals surface area contributed by atoms with Crippen LogP contribution in [0.5, 0.6) is 5.88 Å². The number of aromatic nitrogens is 1. The van der Waals surface area contributed by atoms with Gasteiger partial charge in [0.25, 0.3) is 0 Å². The van der Waals surface area contributed by atoms with E-state index in [4.69, 9.17) is 4.74 Å². The lowest BCUT2D eigenvalue weighted by molar-refractivity contribution is 0.205. The summed E-state index contributed by atoms with van der Waals surface area (Å²) in [7, 11) is 0. The number of aliphatic imine (C=N–C) groups is 1. The quantitative estimate of drug-likeness (QED) is 0.685. The number of guanidine groups is 1. The summed E-state index contributed by atoms with van der Waals surface area (Å²) in [6, 6.07) is 6.32. The zero-order valence-corrected chi connectivity index (χ0v) is 13.7. The molecule has 2 atom stereocenters. The Morgan fingerprint density at radius 3 is 2.95 bits per heavy atom. The number of hydrogen-bond donors (Lipinski definition) is 1. The van der Waals surface area contributed by atoms with Crippen molar-refractivity contribution in [3.63, 3.8) is 0 Å². The maximum Gasteiger partial charge on any atom is 0.213 e. The summed E-state index contributed by atoms with van der Waals surface area (Å²) in [5.74, 6) is 1.74. The zero-order valence-electron chi connectivity index (χ0n) is 13.7. The second-order valence-corrected chi connectivity index (χ2v) is 6.83. The summed E-state index contributed by atoms with van der Waals surface area (Å²) >= 11 is 0. The first kappa shape index (κ1) is 15.1. The van der Waals surface area contributed by atoms with E-state index in [1.807, 2.05) is 18.2 Å². The Kier molecular flexibility index (Phi) is 4.23. The molecule has 1 N–H and O–H groups in total. The van der Waals surface area contributed by atoms with Gasteiger partial charge < -0.3 is 15.0 Å². The summed E-state index contributed by atoms with van der Waals surface area (Å²) < 4.78 is 5.96. The van der Waals surface area contributed by atoms with Crippen LogP contribution in [0.25, 0.3) is 0 Å². The van der Waals surface area contributed by atoms with Crippen LogP contribution < -0.4 is 10.1 Å². The number of nitrogens with one attached hydrogen (secondary N) is 1. The summed E-state index contributed by atoms with van der Waals surface area (Å²) in [6.07, 6.45) is 4.18. The van der Waals surface area contributed by atoms with Crippen LogP contribution in [0.2, 0.25) is 0 Å². The van der Waals surface area contributed by atoms with E-state index in [-0.39, 0.29) is 6.10 Å². The van der Waals surface area contributed by atoms with Crippen molar-refractivity contribution < 1.29 is 4.74 Å². The number of hydrogen-bond acceptors (Lipinski definition) is 3. The second-order valence-electron chi connectivity index (χ2n) is 6.83. The maximum atomic E-state index is 5.96. The first-order chi connectivity index (χ1) is 10.6. The fraction of sp³-hybridized carbons (Fsp3) is 0.647. The van der Waals surface area contributed by atoms with E-state index in [2.05, 4.69) is 41.0 Å². The van der Waals surface area contributed by atoms with Crippen molar-refractivity contribution in [3.8, 4) is 5.88 Å². The van der Waals surface area contributed by atoms with E-state index >= 15 is 0 Å². The van der Waals surface area contributed by atoms with Crippen LogP contribution >= 0.6 is 0 Å². The van der Waals surface area contributed by atoms with E-state index in [1.54, 1.807) is 6.20 Å². The molecule has 1 saturated carbocycles. The van der Waals surface area contributed by atoms with E-state index in [0.717, 1.165) is 32.0 Å². The van der Waals surface area contributed by atoms with Crippen molar-refractivity contribution in [1.29, 1.82) is 0 Å². The second kappa shape index (κ2) is 6.15. The van der Waals surface area contributed by atoms with Gasteiger partial charge in [0.05, 0.1) is 6.54 Å². The Bertz CT molecular complexity index is 529. The largest absolute Gasteiger partial charge is 0.472 e. The monoisotopic (exact) mass is 302 g/mol. The average Bonchev–Trinajstić information content (AvgIpc) is 2.88. The molecule has 1 saturated heterocycles. The summed E-state index contributed by atoms with van der Waals surface area (Å²) in [5.41, 5.74) is 0.401. The number of ether oxygens (including phenoxy) is 1. The predicted molar refractivity (Wildman–Crippen MR) is 88.1 cm³/mol. The van der Waals surface area contributed by atoms with Crippen molar-refractivity contribution in [3.05, 3.63) is 24.4 Å². The highest BCUT2D eigenvalue weighted by molar-refractivity contribution is 5.81. The van der Waals surface area contributed by atoms with Gasteiger partial charge in [-0.05, 0) is 24.8 Å². The molecule has 1 aliphatic carbocycles. The molecule has 0 spiro atoms. The molecular formula is C17H26N4O. The minimum Gasteiger partial charge on any atom is -0.472 e. The van der Waals surface area contributed by atoms with Crippen molar-refractivity contribution in [2.24, 2.45) is 10.4 Å². The lowest BCUT2D eigenvalue weighted by Gasteiger charge is -2.22. The number of pyridine rings is 1. The summed E-state index contributed by atoms with van der Waals surface area (Å²) in [5, 5.41) is 3.61. The third-order valence-corrected chi connectivity index (χ3v) is 4.49. The molecule has 2 unspecified atom stereocenters. The minimum atomic E-state index is 0.186. The van der Waals surface area contributed by atoms with E-state index < -0.39 is 0 Å². The van der Waals surface area contributed by atoms with Gasteiger partial charge in [-0.25, -0.2) is 4.98 Å². The first-order valence-corrected chi connectivity index (χ1v) is 8.22. The van der Waals surface area contributed by atoms with Crippen molar-refractivity contribution >= 4 is 5.96 Å². The fourth-order valence-corrected chi connectivity index (χ4v) is 2.86. The van der Waals surface area contributed by atoms with Gasteiger partial charge >= 0.3 is 0 Å². The van der Waals surface area contributed by atoms with Gasteiger partial charge in [-0.1, -0.05) is 19.9 Å². The Balaban J connectivity index is 1.56. The standard InChI is InChI=1S/C17H26N4O/c1-4-18-16(20-14-11-17(14,2)3)21-10-8-13(12-21)22-15-7-5-6-9-19-15/h5-7,9,13-14H,4,8,10-12H2,1-3H3,(H,18,20). The molecule has 0 amide bonds. The lowest BCUT2D eigenvalue weighted by Crippen LogP contribution is -2.43. The molecule has 3 rings (SSSR count). The Labute approximate surface area is 132 Å². The van der Waals surface area contributed by atoms with Crippen LogP contribution in [0.3, 0.4) is 0 Å². The maximum absolute atomic E-state index is 5.96. The van der Waals surface area contributed by atoms with Crippen LogP contribution in [-0.2, 0) is 0 Å². The molecule has 0 bridgehead atoms.